The number of benzene rings is 1. The second kappa shape index (κ2) is 8.94. The summed E-state index contributed by atoms with van der Waals surface area (Å²) in [7, 11) is 0. The molecular weight excluding hydrogens is 428 g/mol. The monoisotopic (exact) mass is 472 g/mol. The van der Waals surface area contributed by atoms with Gasteiger partial charge >= 0.3 is 11.9 Å². The van der Waals surface area contributed by atoms with Crippen molar-refractivity contribution in [2.45, 2.75) is 129 Å². The van der Waals surface area contributed by atoms with Crippen molar-refractivity contribution in [3.8, 4) is 11.5 Å². The number of piperidine rings is 2. The van der Waals surface area contributed by atoms with Gasteiger partial charge in [-0.3, -0.25) is 9.59 Å². The van der Waals surface area contributed by atoms with Crippen LogP contribution in [0.25, 0.3) is 0 Å². The van der Waals surface area contributed by atoms with Gasteiger partial charge in [0.25, 0.3) is 0 Å². The molecule has 0 unspecified atom stereocenters. The Labute approximate surface area is 205 Å². The molecule has 0 radical (unpaired) electrons. The third-order valence-electron chi connectivity index (χ3n) is 6.91. The van der Waals surface area contributed by atoms with Crippen molar-refractivity contribution in [3.63, 3.8) is 0 Å². The molecule has 2 fully saturated rings. The molecule has 190 valence electrons. The van der Waals surface area contributed by atoms with Crippen LogP contribution in [0.15, 0.2) is 12.1 Å². The van der Waals surface area contributed by atoms with Crippen molar-refractivity contribution in [1.82, 2.24) is 10.6 Å². The molecule has 6 heteroatoms. The summed E-state index contributed by atoms with van der Waals surface area (Å²) >= 11 is 0. The van der Waals surface area contributed by atoms with Gasteiger partial charge in [0, 0.05) is 47.1 Å². The Morgan fingerprint density at radius 1 is 0.647 bits per heavy atom. The van der Waals surface area contributed by atoms with Crippen LogP contribution in [-0.4, -0.2) is 34.1 Å². The minimum absolute atomic E-state index is 0.0960. The highest BCUT2D eigenvalue weighted by atomic mass is 16.5. The summed E-state index contributed by atoms with van der Waals surface area (Å²) in [5.74, 6) is 0.785. The van der Waals surface area contributed by atoms with Crippen molar-refractivity contribution in [3.05, 3.63) is 23.3 Å². The fourth-order valence-electron chi connectivity index (χ4n) is 6.98. The molecule has 3 rings (SSSR count). The molecule has 2 aliphatic heterocycles. The molecule has 34 heavy (non-hydrogen) atoms. The van der Waals surface area contributed by atoms with Crippen LogP contribution in [0.2, 0.25) is 0 Å². The van der Waals surface area contributed by atoms with Crippen molar-refractivity contribution < 1.29 is 19.1 Å². The van der Waals surface area contributed by atoms with E-state index in [1.165, 1.54) is 13.8 Å². The van der Waals surface area contributed by atoms with E-state index < -0.39 is 0 Å². The largest absolute Gasteiger partial charge is 0.426 e. The SMILES string of the molecule is CC(=O)Oc1ccc(OC(C)=O)c(C2CC(C)(C)NC(C)(C)C2)c1C1CC(C)(C)NC(C)(C)C1. The fourth-order valence-corrected chi connectivity index (χ4v) is 6.98. The van der Waals surface area contributed by atoms with E-state index in [0.717, 1.165) is 36.8 Å². The summed E-state index contributed by atoms with van der Waals surface area (Å²) in [5.41, 5.74) is 1.66. The van der Waals surface area contributed by atoms with Crippen molar-refractivity contribution in [2.24, 2.45) is 0 Å². The van der Waals surface area contributed by atoms with Gasteiger partial charge in [0.2, 0.25) is 0 Å². The van der Waals surface area contributed by atoms with Gasteiger partial charge < -0.3 is 20.1 Å². The first-order valence-corrected chi connectivity index (χ1v) is 12.5. The Hall–Kier alpha value is -1.92. The third-order valence-corrected chi connectivity index (χ3v) is 6.91. The average molecular weight is 473 g/mol. The number of hydrogen-bond donors (Lipinski definition) is 2. The zero-order chi connectivity index (χ0) is 25.7. The van der Waals surface area contributed by atoms with E-state index in [1.54, 1.807) is 12.1 Å². The summed E-state index contributed by atoms with van der Waals surface area (Å²) in [6, 6.07) is 3.61. The van der Waals surface area contributed by atoms with E-state index in [0.29, 0.717) is 11.5 Å². The molecule has 2 saturated heterocycles. The Morgan fingerprint density at radius 2 is 0.912 bits per heavy atom. The lowest BCUT2D eigenvalue weighted by molar-refractivity contribution is -0.133. The van der Waals surface area contributed by atoms with Crippen LogP contribution >= 0.6 is 0 Å². The van der Waals surface area contributed by atoms with Gasteiger partial charge in [-0.15, -0.1) is 0 Å². The summed E-state index contributed by atoms with van der Waals surface area (Å²) in [6.07, 6.45) is 3.55. The standard InChI is InChI=1S/C28H44N2O4/c1-17(31)33-21-11-12-22(34-18(2)32)24(20-15-27(7,8)30-28(9,10)16-20)23(21)19-13-25(3,4)29-26(5,6)14-19/h11-12,19-20,29-30H,13-16H2,1-10H3. The molecule has 0 atom stereocenters. The zero-order valence-corrected chi connectivity index (χ0v) is 22.8. The molecule has 0 aliphatic carbocycles. The number of nitrogens with one attached hydrogen (secondary N) is 2. The minimum atomic E-state index is -0.342. The topological polar surface area (TPSA) is 76.7 Å². The van der Waals surface area contributed by atoms with E-state index in [-0.39, 0.29) is 45.9 Å². The molecular formula is C28H44N2O4. The number of ether oxygens (including phenoxy) is 2. The highest BCUT2D eigenvalue weighted by Gasteiger charge is 2.44. The second-order valence-corrected chi connectivity index (χ2v) is 13.1. The van der Waals surface area contributed by atoms with Gasteiger partial charge in [-0.05, 0) is 105 Å². The van der Waals surface area contributed by atoms with Gasteiger partial charge in [-0.2, -0.15) is 0 Å². The van der Waals surface area contributed by atoms with E-state index in [4.69, 9.17) is 9.47 Å². The molecule has 0 bridgehead atoms. The Morgan fingerprint density at radius 3 is 1.15 bits per heavy atom. The van der Waals surface area contributed by atoms with Gasteiger partial charge in [-0.25, -0.2) is 0 Å². The zero-order valence-electron chi connectivity index (χ0n) is 22.8. The lowest BCUT2D eigenvalue weighted by Crippen LogP contribution is -2.58. The lowest BCUT2D eigenvalue weighted by Gasteiger charge is -2.49. The normalized spacial score (nSPS) is 23.8. The minimum Gasteiger partial charge on any atom is -0.426 e. The Kier molecular flexibility index (Phi) is 7.02. The van der Waals surface area contributed by atoms with Crippen LogP contribution in [0.5, 0.6) is 11.5 Å². The molecule has 0 amide bonds. The van der Waals surface area contributed by atoms with E-state index >= 15 is 0 Å². The van der Waals surface area contributed by atoms with Crippen LogP contribution in [0.3, 0.4) is 0 Å². The molecule has 1 aromatic rings. The van der Waals surface area contributed by atoms with E-state index in [9.17, 15) is 9.59 Å². The highest BCUT2D eigenvalue weighted by molar-refractivity contribution is 5.73. The van der Waals surface area contributed by atoms with Crippen LogP contribution in [0.4, 0.5) is 0 Å². The summed E-state index contributed by atoms with van der Waals surface area (Å²) in [5, 5.41) is 7.52. The van der Waals surface area contributed by atoms with Crippen molar-refractivity contribution >= 4 is 11.9 Å². The Balaban J connectivity index is 2.28. The van der Waals surface area contributed by atoms with Gasteiger partial charge in [0.15, 0.2) is 0 Å². The number of rotatable bonds is 4. The number of esters is 2. The smallest absolute Gasteiger partial charge is 0.308 e. The summed E-state index contributed by atoms with van der Waals surface area (Å²) in [4.78, 5) is 24.3. The molecule has 0 spiro atoms. The fraction of sp³-hybridized carbons (Fsp3) is 0.714. The van der Waals surface area contributed by atoms with Crippen molar-refractivity contribution in [1.29, 1.82) is 0 Å². The molecule has 6 nitrogen and oxygen atoms in total. The third kappa shape index (κ3) is 6.39. The maximum Gasteiger partial charge on any atom is 0.308 e. The molecule has 2 aliphatic rings. The summed E-state index contributed by atoms with van der Waals surface area (Å²) in [6.45, 7) is 20.6. The number of carbonyl (C=O) groups excluding carboxylic acids is 2. The first kappa shape index (κ1) is 26.7. The molecule has 0 aromatic heterocycles. The highest BCUT2D eigenvalue weighted by Crippen LogP contribution is 2.51. The van der Waals surface area contributed by atoms with Gasteiger partial charge in [0.05, 0.1) is 0 Å². The molecule has 0 saturated carbocycles. The quantitative estimate of drug-likeness (QED) is 0.440. The number of hydrogen-bond acceptors (Lipinski definition) is 6. The lowest BCUT2D eigenvalue weighted by atomic mass is 9.67. The number of carbonyl (C=O) groups is 2. The van der Waals surface area contributed by atoms with Crippen LogP contribution in [0, 0.1) is 0 Å². The second-order valence-electron chi connectivity index (χ2n) is 13.1. The Bertz CT molecular complexity index is 852. The first-order chi connectivity index (χ1) is 15.4. The maximum atomic E-state index is 12.1. The predicted octanol–water partition coefficient (Wildman–Crippen LogP) is 5.59. The first-order valence-electron chi connectivity index (χ1n) is 12.5. The maximum absolute atomic E-state index is 12.1. The van der Waals surface area contributed by atoms with Crippen LogP contribution < -0.4 is 20.1 Å². The molecule has 1 aromatic carbocycles. The van der Waals surface area contributed by atoms with E-state index in [2.05, 4.69) is 66.0 Å². The van der Waals surface area contributed by atoms with Crippen LogP contribution in [0.1, 0.15) is 118 Å². The van der Waals surface area contributed by atoms with Gasteiger partial charge in [0.1, 0.15) is 11.5 Å². The average Bonchev–Trinajstić information content (AvgIpc) is 2.56. The van der Waals surface area contributed by atoms with Crippen LogP contribution in [-0.2, 0) is 9.59 Å². The summed E-state index contributed by atoms with van der Waals surface area (Å²) < 4.78 is 11.6. The van der Waals surface area contributed by atoms with Crippen molar-refractivity contribution in [2.75, 3.05) is 0 Å². The molecule has 2 heterocycles. The predicted molar refractivity (Wildman–Crippen MR) is 136 cm³/mol. The van der Waals surface area contributed by atoms with E-state index in [1.807, 2.05) is 0 Å². The van der Waals surface area contributed by atoms with Gasteiger partial charge in [-0.1, -0.05) is 0 Å². The molecule has 2 N–H and O–H groups in total.